The Bertz CT molecular complexity index is 3510. The van der Waals surface area contributed by atoms with E-state index < -0.39 is 5.41 Å². The zero-order valence-corrected chi connectivity index (χ0v) is 32.1. The van der Waals surface area contributed by atoms with Crippen LogP contribution in [0.25, 0.3) is 63.6 Å². The van der Waals surface area contributed by atoms with Gasteiger partial charge in [-0.05, 0) is 91.6 Å². The fraction of sp³-hybridized carbons (Fsp3) is 0.0182. The molecular formula is C55H33NOS. The number of hydrogen-bond donors (Lipinski definition) is 0. The van der Waals surface area contributed by atoms with Crippen LogP contribution in [0.15, 0.2) is 200 Å². The minimum Gasteiger partial charge on any atom is -0.457 e. The Morgan fingerprint density at radius 1 is 0.379 bits per heavy atom. The summed E-state index contributed by atoms with van der Waals surface area (Å²) in [7, 11) is 0. The van der Waals surface area contributed by atoms with Gasteiger partial charge in [-0.15, -0.1) is 11.3 Å². The van der Waals surface area contributed by atoms with Crippen molar-refractivity contribution in [1.82, 2.24) is 0 Å². The highest BCUT2D eigenvalue weighted by Crippen LogP contribution is 2.61. The van der Waals surface area contributed by atoms with Gasteiger partial charge in [0.1, 0.15) is 11.5 Å². The van der Waals surface area contributed by atoms with Gasteiger partial charge in [-0.1, -0.05) is 152 Å². The van der Waals surface area contributed by atoms with Crippen molar-refractivity contribution < 1.29 is 4.74 Å². The summed E-state index contributed by atoms with van der Waals surface area (Å²) < 4.78 is 9.65. The molecule has 0 radical (unpaired) electrons. The second-order valence-corrected chi connectivity index (χ2v) is 16.7. The maximum absolute atomic E-state index is 7.08. The molecule has 1 spiro atoms. The van der Waals surface area contributed by atoms with Crippen LogP contribution in [0.5, 0.6) is 11.5 Å². The second-order valence-electron chi connectivity index (χ2n) is 15.6. The van der Waals surface area contributed by atoms with Crippen LogP contribution in [0.1, 0.15) is 22.3 Å². The lowest BCUT2D eigenvalue weighted by Gasteiger charge is -2.45. The molecule has 270 valence electrons. The van der Waals surface area contributed by atoms with Gasteiger partial charge in [0, 0.05) is 54.1 Å². The number of ether oxygens (including phenoxy) is 1. The molecule has 0 amide bonds. The van der Waals surface area contributed by atoms with E-state index in [1.807, 2.05) is 11.3 Å². The third-order valence-corrected chi connectivity index (χ3v) is 13.8. The molecule has 0 bridgehead atoms. The number of rotatable bonds is 3. The lowest BCUT2D eigenvalue weighted by Crippen LogP contribution is -2.36. The van der Waals surface area contributed by atoms with Gasteiger partial charge >= 0.3 is 0 Å². The van der Waals surface area contributed by atoms with E-state index >= 15 is 0 Å². The van der Waals surface area contributed by atoms with E-state index in [0.717, 1.165) is 34.1 Å². The largest absolute Gasteiger partial charge is 0.457 e. The van der Waals surface area contributed by atoms with Crippen LogP contribution in [-0.2, 0) is 5.41 Å². The van der Waals surface area contributed by atoms with Gasteiger partial charge in [0.25, 0.3) is 0 Å². The van der Waals surface area contributed by atoms with Crippen LogP contribution in [0.4, 0.5) is 17.1 Å². The lowest BCUT2D eigenvalue weighted by molar-refractivity contribution is 0.435. The SMILES string of the molecule is c1ccc2c(c1)Oc1cc(N(c3ccc4c(c3)sc3cc5ccccc5cc34)c3cccc4ccccc34)ccc1C21c2ccccc2-c2cccc3cccc1c23. The number of benzene rings is 10. The number of thiophene rings is 1. The van der Waals surface area contributed by atoms with Crippen molar-refractivity contribution in [2.24, 2.45) is 0 Å². The fourth-order valence-corrected chi connectivity index (χ4v) is 11.4. The number of nitrogens with zero attached hydrogens (tertiary/aromatic N) is 1. The fourth-order valence-electron chi connectivity index (χ4n) is 10.2. The van der Waals surface area contributed by atoms with Gasteiger partial charge < -0.3 is 9.64 Å². The Morgan fingerprint density at radius 3 is 1.91 bits per heavy atom. The molecule has 2 nitrogen and oxygen atoms in total. The zero-order valence-electron chi connectivity index (χ0n) is 31.3. The summed E-state index contributed by atoms with van der Waals surface area (Å²) in [4.78, 5) is 2.42. The highest BCUT2D eigenvalue weighted by molar-refractivity contribution is 7.26. The molecule has 11 aromatic rings. The molecule has 13 rings (SSSR count). The van der Waals surface area contributed by atoms with E-state index in [1.54, 1.807) is 0 Å². The van der Waals surface area contributed by atoms with Crippen LogP contribution in [-0.4, -0.2) is 0 Å². The van der Waals surface area contributed by atoms with Crippen LogP contribution < -0.4 is 9.64 Å². The Morgan fingerprint density at radius 2 is 1.00 bits per heavy atom. The second kappa shape index (κ2) is 11.9. The summed E-state index contributed by atoms with van der Waals surface area (Å²) in [5.41, 5.74) is 10.1. The van der Waals surface area contributed by atoms with E-state index in [-0.39, 0.29) is 0 Å². The van der Waals surface area contributed by atoms with Crippen molar-refractivity contribution in [2.75, 3.05) is 4.90 Å². The summed E-state index contributed by atoms with van der Waals surface area (Å²) in [5, 5.41) is 10.1. The monoisotopic (exact) mass is 755 g/mol. The molecule has 3 heteroatoms. The van der Waals surface area contributed by atoms with Crippen molar-refractivity contribution >= 4 is 80.9 Å². The first-order valence-electron chi connectivity index (χ1n) is 19.9. The van der Waals surface area contributed by atoms with Crippen molar-refractivity contribution in [2.45, 2.75) is 5.41 Å². The zero-order chi connectivity index (χ0) is 38.0. The number of hydrogen-bond acceptors (Lipinski definition) is 3. The standard InChI is InChI=1S/C55H33NOS/c1-2-14-37-31-52-44(30-36(37)13-1)42-28-26-39(33-53(42)58-52)56(49-24-11-15-34-12-3-4-18-40(34)49)38-27-29-47-51(32-38)57-50-25-8-7-22-46(50)55(47)45-21-6-5-19-41(45)43-20-9-16-35-17-10-23-48(55)54(35)43/h1-33H. The molecule has 1 aliphatic carbocycles. The maximum atomic E-state index is 7.08. The highest BCUT2D eigenvalue weighted by atomic mass is 32.1. The number of para-hydroxylation sites is 1. The highest BCUT2D eigenvalue weighted by Gasteiger charge is 2.49. The van der Waals surface area contributed by atoms with Crippen LogP contribution in [0.2, 0.25) is 0 Å². The molecule has 58 heavy (non-hydrogen) atoms. The van der Waals surface area contributed by atoms with Gasteiger partial charge in [-0.2, -0.15) is 0 Å². The van der Waals surface area contributed by atoms with Crippen LogP contribution in [0, 0.1) is 0 Å². The molecule has 0 saturated heterocycles. The lowest BCUT2D eigenvalue weighted by atomic mass is 9.58. The summed E-state index contributed by atoms with van der Waals surface area (Å²) >= 11 is 1.87. The third kappa shape index (κ3) is 4.31. The van der Waals surface area contributed by atoms with E-state index in [0.29, 0.717) is 0 Å². The van der Waals surface area contributed by atoms with Gasteiger partial charge in [0.15, 0.2) is 0 Å². The third-order valence-electron chi connectivity index (χ3n) is 12.7. The molecule has 10 aromatic carbocycles. The molecular weight excluding hydrogens is 723 g/mol. The molecule has 1 aliphatic heterocycles. The van der Waals surface area contributed by atoms with E-state index in [9.17, 15) is 0 Å². The predicted molar refractivity (Wildman–Crippen MR) is 244 cm³/mol. The molecule has 2 heterocycles. The van der Waals surface area contributed by atoms with Crippen molar-refractivity contribution in [3.8, 4) is 22.6 Å². The molecule has 0 saturated carbocycles. The van der Waals surface area contributed by atoms with Crippen LogP contribution >= 0.6 is 11.3 Å². The first-order valence-corrected chi connectivity index (χ1v) is 20.7. The van der Waals surface area contributed by atoms with Crippen molar-refractivity contribution in [1.29, 1.82) is 0 Å². The Balaban J connectivity index is 1.08. The first kappa shape index (κ1) is 31.9. The van der Waals surface area contributed by atoms with E-state index in [1.165, 1.54) is 80.3 Å². The summed E-state index contributed by atoms with van der Waals surface area (Å²) in [5.74, 6) is 1.75. The van der Waals surface area contributed by atoms with Crippen molar-refractivity contribution in [3.05, 3.63) is 222 Å². The minimum absolute atomic E-state index is 0.586. The summed E-state index contributed by atoms with van der Waals surface area (Å²) in [6.45, 7) is 0. The topological polar surface area (TPSA) is 12.5 Å². The molecule has 0 fully saturated rings. The van der Waals surface area contributed by atoms with Crippen molar-refractivity contribution in [3.63, 3.8) is 0 Å². The minimum atomic E-state index is -0.586. The molecule has 0 N–H and O–H groups in total. The Kier molecular flexibility index (Phi) is 6.56. The summed E-state index contributed by atoms with van der Waals surface area (Å²) in [6, 6.07) is 73.7. The molecule has 2 aliphatic rings. The molecule has 1 unspecified atom stereocenters. The number of anilines is 3. The maximum Gasteiger partial charge on any atom is 0.134 e. The first-order chi connectivity index (χ1) is 28.7. The Labute approximate surface area is 339 Å². The normalized spacial score (nSPS) is 15.1. The predicted octanol–water partition coefficient (Wildman–Crippen LogP) is 15.5. The van der Waals surface area contributed by atoms with Gasteiger partial charge in [-0.25, -0.2) is 0 Å². The average molecular weight is 756 g/mol. The average Bonchev–Trinajstić information content (AvgIpc) is 3.63. The smallest absolute Gasteiger partial charge is 0.134 e. The van der Waals surface area contributed by atoms with Gasteiger partial charge in [0.05, 0.1) is 11.1 Å². The van der Waals surface area contributed by atoms with Gasteiger partial charge in [-0.3, -0.25) is 0 Å². The van der Waals surface area contributed by atoms with Gasteiger partial charge in [0.2, 0.25) is 0 Å². The quantitative estimate of drug-likeness (QED) is 0.178. The van der Waals surface area contributed by atoms with Crippen LogP contribution in [0.3, 0.4) is 0 Å². The Hall–Kier alpha value is -7.20. The summed E-state index contributed by atoms with van der Waals surface area (Å²) in [6.07, 6.45) is 0. The van der Waals surface area contributed by atoms with E-state index in [4.69, 9.17) is 4.74 Å². The number of fused-ring (bicyclic) bond motifs is 13. The molecule has 1 atom stereocenters. The van der Waals surface area contributed by atoms with E-state index in [2.05, 4.69) is 205 Å². The molecule has 1 aromatic heterocycles.